The van der Waals surface area contributed by atoms with Crippen molar-refractivity contribution in [1.29, 1.82) is 0 Å². The van der Waals surface area contributed by atoms with Crippen LogP contribution < -0.4 is 16.2 Å². The van der Waals surface area contributed by atoms with E-state index < -0.39 is 17.3 Å². The molecule has 1 aliphatic carbocycles. The summed E-state index contributed by atoms with van der Waals surface area (Å²) in [5.41, 5.74) is 7.76. The van der Waals surface area contributed by atoms with Crippen molar-refractivity contribution in [2.75, 3.05) is 11.4 Å². The smallest absolute Gasteiger partial charge is 0.341 e. The predicted molar refractivity (Wildman–Crippen MR) is 101 cm³/mol. The SMILES string of the molecule is Cc1c(N2CC(C)CCC2N)c(F)cn2c(=O)c(C(=O)O)cc(C3CC3)c12. The Morgan fingerprint density at radius 3 is 2.63 bits per heavy atom. The maximum absolute atomic E-state index is 15.1. The molecule has 4 rings (SSSR count). The predicted octanol–water partition coefficient (Wildman–Crippen LogP) is 2.84. The molecule has 2 unspecified atom stereocenters. The van der Waals surface area contributed by atoms with Crippen molar-refractivity contribution in [1.82, 2.24) is 4.40 Å². The summed E-state index contributed by atoms with van der Waals surface area (Å²) in [6.45, 7) is 4.57. The summed E-state index contributed by atoms with van der Waals surface area (Å²) < 4.78 is 16.3. The third-order valence-electron chi connectivity index (χ3n) is 5.84. The number of aryl methyl sites for hydroxylation is 1. The minimum atomic E-state index is -1.29. The highest BCUT2D eigenvalue weighted by Crippen LogP contribution is 2.44. The Hall–Kier alpha value is -2.41. The number of nitrogens with two attached hydrogens (primary N) is 1. The summed E-state index contributed by atoms with van der Waals surface area (Å²) in [5.74, 6) is -1.22. The van der Waals surface area contributed by atoms with E-state index in [1.165, 1.54) is 10.5 Å². The molecule has 27 heavy (non-hydrogen) atoms. The van der Waals surface area contributed by atoms with Gasteiger partial charge in [-0.1, -0.05) is 6.92 Å². The van der Waals surface area contributed by atoms with Gasteiger partial charge in [0, 0.05) is 6.54 Å². The molecule has 0 spiro atoms. The Morgan fingerprint density at radius 1 is 1.30 bits per heavy atom. The molecular weight excluding hydrogens is 349 g/mol. The van der Waals surface area contributed by atoms with Crippen molar-refractivity contribution in [3.8, 4) is 0 Å². The summed E-state index contributed by atoms with van der Waals surface area (Å²) in [6.07, 6.45) is 4.53. The molecule has 144 valence electrons. The molecule has 0 bridgehead atoms. The Bertz CT molecular complexity index is 996. The minimum Gasteiger partial charge on any atom is -0.477 e. The van der Waals surface area contributed by atoms with E-state index >= 15 is 4.39 Å². The van der Waals surface area contributed by atoms with Gasteiger partial charge < -0.3 is 15.7 Å². The maximum Gasteiger partial charge on any atom is 0.341 e. The van der Waals surface area contributed by atoms with E-state index in [9.17, 15) is 14.7 Å². The van der Waals surface area contributed by atoms with Gasteiger partial charge in [-0.3, -0.25) is 9.20 Å². The summed E-state index contributed by atoms with van der Waals surface area (Å²) in [7, 11) is 0. The second-order valence-corrected chi connectivity index (χ2v) is 7.97. The molecule has 2 fully saturated rings. The molecular formula is C20H24FN3O3. The third kappa shape index (κ3) is 2.90. The standard InChI is InChI=1S/C20H24FN3O3/c1-10-3-6-16(22)23(8-10)18-11(2)17-13(12-4-5-12)7-14(20(26)27)19(25)24(17)9-15(18)21/h7,9-10,12,16H,3-6,8,22H2,1-2H3,(H,26,27). The zero-order chi connectivity index (χ0) is 19.5. The highest BCUT2D eigenvalue weighted by Gasteiger charge is 2.32. The molecule has 2 aliphatic rings. The lowest BCUT2D eigenvalue weighted by atomic mass is 9.96. The summed E-state index contributed by atoms with van der Waals surface area (Å²) in [4.78, 5) is 26.0. The number of piperidine rings is 1. The Morgan fingerprint density at radius 2 is 2.00 bits per heavy atom. The second-order valence-electron chi connectivity index (χ2n) is 7.97. The van der Waals surface area contributed by atoms with Crippen LogP contribution >= 0.6 is 0 Å². The van der Waals surface area contributed by atoms with Crippen LogP contribution in [-0.4, -0.2) is 28.2 Å². The van der Waals surface area contributed by atoms with Crippen molar-refractivity contribution < 1.29 is 14.3 Å². The normalized spacial score (nSPS) is 23.0. The van der Waals surface area contributed by atoms with E-state index in [0.29, 0.717) is 29.2 Å². The van der Waals surface area contributed by atoms with Crippen LogP contribution in [0.15, 0.2) is 17.1 Å². The van der Waals surface area contributed by atoms with Gasteiger partial charge >= 0.3 is 5.97 Å². The van der Waals surface area contributed by atoms with Gasteiger partial charge in [-0.25, -0.2) is 9.18 Å². The van der Waals surface area contributed by atoms with E-state index in [0.717, 1.165) is 37.4 Å². The summed E-state index contributed by atoms with van der Waals surface area (Å²) >= 11 is 0. The molecule has 0 aromatic carbocycles. The first kappa shape index (κ1) is 18.0. The lowest BCUT2D eigenvalue weighted by molar-refractivity contribution is 0.0694. The fourth-order valence-electron chi connectivity index (χ4n) is 4.28. The van der Waals surface area contributed by atoms with Crippen LogP contribution in [0.4, 0.5) is 10.1 Å². The number of hydrogen-bond donors (Lipinski definition) is 2. The summed E-state index contributed by atoms with van der Waals surface area (Å²) in [5, 5.41) is 9.38. The molecule has 1 saturated carbocycles. The number of anilines is 1. The van der Waals surface area contributed by atoms with E-state index in [-0.39, 0.29) is 17.6 Å². The van der Waals surface area contributed by atoms with Gasteiger partial charge in [0.1, 0.15) is 5.56 Å². The molecule has 1 aliphatic heterocycles. The molecule has 2 aromatic heterocycles. The molecule has 7 heteroatoms. The molecule has 1 saturated heterocycles. The zero-order valence-electron chi connectivity index (χ0n) is 15.5. The number of halogens is 1. The first-order valence-electron chi connectivity index (χ1n) is 9.43. The average Bonchev–Trinajstić information content (AvgIpc) is 3.43. The third-order valence-corrected chi connectivity index (χ3v) is 5.84. The van der Waals surface area contributed by atoms with Crippen molar-refractivity contribution in [3.63, 3.8) is 0 Å². The van der Waals surface area contributed by atoms with Gasteiger partial charge in [-0.05, 0) is 61.6 Å². The molecule has 2 aromatic rings. The van der Waals surface area contributed by atoms with Crippen molar-refractivity contribution in [2.45, 2.75) is 51.6 Å². The van der Waals surface area contributed by atoms with Crippen LogP contribution in [0.1, 0.15) is 60.0 Å². The summed E-state index contributed by atoms with van der Waals surface area (Å²) in [6, 6.07) is 1.48. The number of nitrogens with zero attached hydrogens (tertiary/aromatic N) is 2. The van der Waals surface area contributed by atoms with Crippen LogP contribution in [0.2, 0.25) is 0 Å². The van der Waals surface area contributed by atoms with E-state index in [2.05, 4.69) is 6.92 Å². The van der Waals surface area contributed by atoms with Gasteiger partial charge in [-0.2, -0.15) is 0 Å². The highest BCUT2D eigenvalue weighted by atomic mass is 19.1. The van der Waals surface area contributed by atoms with Crippen LogP contribution in [0, 0.1) is 18.7 Å². The van der Waals surface area contributed by atoms with Crippen molar-refractivity contribution in [3.05, 3.63) is 45.1 Å². The van der Waals surface area contributed by atoms with Crippen LogP contribution in [0.5, 0.6) is 0 Å². The minimum absolute atomic E-state index is 0.213. The number of rotatable bonds is 3. The number of fused-ring (bicyclic) bond motifs is 1. The molecule has 0 amide bonds. The van der Waals surface area contributed by atoms with Gasteiger partial charge in [0.2, 0.25) is 0 Å². The van der Waals surface area contributed by atoms with Crippen LogP contribution in [0.3, 0.4) is 0 Å². The lowest BCUT2D eigenvalue weighted by Crippen LogP contribution is -2.49. The highest BCUT2D eigenvalue weighted by molar-refractivity contribution is 5.89. The molecule has 6 nitrogen and oxygen atoms in total. The number of carbonyl (C=O) groups is 1. The quantitative estimate of drug-likeness (QED) is 0.864. The van der Waals surface area contributed by atoms with Gasteiger partial charge in [0.05, 0.1) is 23.6 Å². The Kier molecular flexibility index (Phi) is 4.22. The number of carboxylic acids is 1. The maximum atomic E-state index is 15.1. The number of hydrogen-bond acceptors (Lipinski definition) is 4. The van der Waals surface area contributed by atoms with Crippen molar-refractivity contribution in [2.24, 2.45) is 11.7 Å². The van der Waals surface area contributed by atoms with Gasteiger partial charge in [0.15, 0.2) is 5.82 Å². The number of pyridine rings is 2. The lowest BCUT2D eigenvalue weighted by Gasteiger charge is -2.39. The Labute approximate surface area is 156 Å². The average molecular weight is 373 g/mol. The molecule has 3 N–H and O–H groups in total. The van der Waals surface area contributed by atoms with Gasteiger partial charge in [-0.15, -0.1) is 0 Å². The first-order valence-corrected chi connectivity index (χ1v) is 9.43. The first-order chi connectivity index (χ1) is 12.8. The molecule has 3 heterocycles. The molecule has 2 atom stereocenters. The Balaban J connectivity index is 2.01. The largest absolute Gasteiger partial charge is 0.477 e. The number of aromatic carboxylic acids is 1. The zero-order valence-corrected chi connectivity index (χ0v) is 15.5. The van der Waals surface area contributed by atoms with E-state index in [4.69, 9.17) is 5.73 Å². The fourth-order valence-corrected chi connectivity index (χ4v) is 4.28. The topological polar surface area (TPSA) is 88.0 Å². The fraction of sp³-hybridized carbons (Fsp3) is 0.500. The monoisotopic (exact) mass is 373 g/mol. The van der Waals surface area contributed by atoms with Crippen LogP contribution in [0.25, 0.3) is 5.52 Å². The van der Waals surface area contributed by atoms with Gasteiger partial charge in [0.25, 0.3) is 5.56 Å². The van der Waals surface area contributed by atoms with Crippen molar-refractivity contribution >= 4 is 17.2 Å². The van der Waals surface area contributed by atoms with E-state index in [1.54, 1.807) is 6.92 Å². The molecule has 0 radical (unpaired) electrons. The number of aromatic nitrogens is 1. The van der Waals surface area contributed by atoms with E-state index in [1.807, 2.05) is 4.90 Å². The van der Waals surface area contributed by atoms with Crippen LogP contribution in [-0.2, 0) is 0 Å². The number of carboxylic acid groups (broad SMARTS) is 1. The second kappa shape index (κ2) is 6.34.